The lowest BCUT2D eigenvalue weighted by atomic mass is 10.00. The topological polar surface area (TPSA) is 214 Å². The number of rotatable bonds is 16. The van der Waals surface area contributed by atoms with Gasteiger partial charge in [0.05, 0.1) is 12.5 Å². The maximum Gasteiger partial charge on any atom is 0.326 e. The molecule has 0 aliphatic carbocycles. The molecule has 12 nitrogen and oxygen atoms in total. The van der Waals surface area contributed by atoms with E-state index in [1.165, 1.54) is 0 Å². The van der Waals surface area contributed by atoms with Gasteiger partial charge in [0.1, 0.15) is 18.1 Å². The summed E-state index contributed by atoms with van der Waals surface area (Å²) in [6.45, 7) is 7.52. The Morgan fingerprint density at radius 3 is 1.76 bits per heavy atom. The third-order valence-corrected chi connectivity index (χ3v) is 4.93. The van der Waals surface area contributed by atoms with E-state index < -0.39 is 60.2 Å². The molecule has 0 rings (SSSR count). The second-order valence-corrected chi connectivity index (χ2v) is 8.80. The molecule has 0 aliphatic rings. The van der Waals surface area contributed by atoms with E-state index in [9.17, 15) is 34.2 Å². The molecule has 9 N–H and O–H groups in total. The van der Waals surface area contributed by atoms with Crippen molar-refractivity contribution in [3.05, 3.63) is 0 Å². The van der Waals surface area contributed by atoms with Crippen molar-refractivity contribution in [2.24, 2.45) is 23.3 Å². The second-order valence-electron chi connectivity index (χ2n) is 8.80. The summed E-state index contributed by atoms with van der Waals surface area (Å²) in [7, 11) is 0. The van der Waals surface area contributed by atoms with Crippen LogP contribution < -0.4 is 27.4 Å². The lowest BCUT2D eigenvalue weighted by molar-refractivity contribution is -0.144. The molecule has 33 heavy (non-hydrogen) atoms. The zero-order valence-corrected chi connectivity index (χ0v) is 19.8. The molecule has 4 unspecified atom stereocenters. The fourth-order valence-electron chi connectivity index (χ4n) is 2.95. The molecular weight excluding hydrogens is 434 g/mol. The summed E-state index contributed by atoms with van der Waals surface area (Å²) in [5.41, 5.74) is 11.2. The first-order chi connectivity index (χ1) is 15.3. The maximum atomic E-state index is 12.9. The van der Waals surface area contributed by atoms with E-state index in [0.717, 1.165) is 0 Å². The standard InChI is InChI=1S/C21H39N5O7/c1-11(2)9-14(26-20(31)17(23)12(3)4)18(29)25-15(10-16(27)28)19(30)24-13(21(32)33)7-5-6-8-22/h11-15,17H,5-10,22-23H2,1-4H3,(H,24,30)(H,25,29)(H,26,31)(H,27,28)(H,32,33). The minimum atomic E-state index is -1.53. The molecule has 4 atom stereocenters. The number of amides is 3. The summed E-state index contributed by atoms with van der Waals surface area (Å²) in [6, 6.07) is -4.69. The van der Waals surface area contributed by atoms with E-state index in [2.05, 4.69) is 16.0 Å². The molecule has 0 aromatic rings. The van der Waals surface area contributed by atoms with Crippen molar-refractivity contribution >= 4 is 29.7 Å². The van der Waals surface area contributed by atoms with Crippen molar-refractivity contribution < 1.29 is 34.2 Å². The molecule has 0 radical (unpaired) electrons. The predicted octanol–water partition coefficient (Wildman–Crippen LogP) is -0.841. The van der Waals surface area contributed by atoms with Crippen molar-refractivity contribution in [3.63, 3.8) is 0 Å². The molecule has 0 fully saturated rings. The normalized spacial score (nSPS) is 14.8. The molecule has 0 aliphatic heterocycles. The van der Waals surface area contributed by atoms with Crippen LogP contribution >= 0.6 is 0 Å². The summed E-state index contributed by atoms with van der Waals surface area (Å²) in [5, 5.41) is 25.7. The molecule has 0 spiro atoms. The van der Waals surface area contributed by atoms with Crippen LogP contribution in [0.4, 0.5) is 0 Å². The molecule has 3 amide bonds. The van der Waals surface area contributed by atoms with Crippen molar-refractivity contribution in [1.29, 1.82) is 0 Å². The lowest BCUT2D eigenvalue weighted by Crippen LogP contribution is -2.58. The Labute approximate surface area is 194 Å². The predicted molar refractivity (Wildman–Crippen MR) is 121 cm³/mol. The zero-order valence-electron chi connectivity index (χ0n) is 19.8. The molecular formula is C21H39N5O7. The molecule has 0 aromatic carbocycles. The highest BCUT2D eigenvalue weighted by molar-refractivity contribution is 5.95. The van der Waals surface area contributed by atoms with Crippen molar-refractivity contribution in [1.82, 2.24) is 16.0 Å². The largest absolute Gasteiger partial charge is 0.481 e. The Balaban J connectivity index is 5.48. The molecule has 0 saturated heterocycles. The molecule has 0 saturated carbocycles. The Morgan fingerprint density at radius 2 is 1.30 bits per heavy atom. The fourth-order valence-corrected chi connectivity index (χ4v) is 2.95. The average Bonchev–Trinajstić information content (AvgIpc) is 2.70. The molecule has 0 aromatic heterocycles. The van der Waals surface area contributed by atoms with Gasteiger partial charge in [-0.3, -0.25) is 19.2 Å². The van der Waals surface area contributed by atoms with Crippen LogP contribution in [0.5, 0.6) is 0 Å². The number of aliphatic carboxylic acids is 2. The third-order valence-electron chi connectivity index (χ3n) is 4.93. The first-order valence-corrected chi connectivity index (χ1v) is 11.1. The van der Waals surface area contributed by atoms with Crippen LogP contribution in [-0.2, 0) is 24.0 Å². The summed E-state index contributed by atoms with van der Waals surface area (Å²) in [4.78, 5) is 60.6. The summed E-state index contributed by atoms with van der Waals surface area (Å²) >= 11 is 0. The first kappa shape index (κ1) is 30.3. The highest BCUT2D eigenvalue weighted by Crippen LogP contribution is 2.09. The van der Waals surface area contributed by atoms with E-state index in [4.69, 9.17) is 11.5 Å². The van der Waals surface area contributed by atoms with E-state index in [1.54, 1.807) is 13.8 Å². The first-order valence-electron chi connectivity index (χ1n) is 11.1. The van der Waals surface area contributed by atoms with Gasteiger partial charge in [-0.1, -0.05) is 27.7 Å². The average molecular weight is 474 g/mol. The van der Waals surface area contributed by atoms with Gasteiger partial charge in [0, 0.05) is 0 Å². The van der Waals surface area contributed by atoms with Gasteiger partial charge in [-0.25, -0.2) is 4.79 Å². The number of unbranched alkanes of at least 4 members (excludes halogenated alkanes) is 1. The van der Waals surface area contributed by atoms with Gasteiger partial charge in [-0.15, -0.1) is 0 Å². The van der Waals surface area contributed by atoms with Crippen molar-refractivity contribution in [2.75, 3.05) is 6.54 Å². The van der Waals surface area contributed by atoms with Crippen LogP contribution in [0.2, 0.25) is 0 Å². The summed E-state index contributed by atoms with van der Waals surface area (Å²) < 4.78 is 0. The monoisotopic (exact) mass is 473 g/mol. The van der Waals surface area contributed by atoms with Gasteiger partial charge in [-0.05, 0) is 44.1 Å². The van der Waals surface area contributed by atoms with Gasteiger partial charge in [0.25, 0.3) is 0 Å². The minimum absolute atomic E-state index is 0.0120. The number of carboxylic acid groups (broad SMARTS) is 2. The molecule has 0 heterocycles. The van der Waals surface area contributed by atoms with E-state index in [-0.39, 0.29) is 24.7 Å². The van der Waals surface area contributed by atoms with Crippen LogP contribution in [-0.4, -0.2) is 70.6 Å². The zero-order chi connectivity index (χ0) is 25.7. The van der Waals surface area contributed by atoms with Crippen LogP contribution in [0.15, 0.2) is 0 Å². The van der Waals surface area contributed by atoms with Crippen LogP contribution in [0.1, 0.15) is 59.8 Å². The van der Waals surface area contributed by atoms with Crippen LogP contribution in [0, 0.1) is 11.8 Å². The van der Waals surface area contributed by atoms with E-state index in [0.29, 0.717) is 19.4 Å². The van der Waals surface area contributed by atoms with E-state index >= 15 is 0 Å². The number of nitrogens with two attached hydrogens (primary N) is 2. The second kappa shape index (κ2) is 15.2. The minimum Gasteiger partial charge on any atom is -0.481 e. The molecule has 190 valence electrons. The smallest absolute Gasteiger partial charge is 0.326 e. The SMILES string of the molecule is CC(C)CC(NC(=O)C(N)C(C)C)C(=O)NC(CC(=O)O)C(=O)NC(CCCCN)C(=O)O. The fraction of sp³-hybridized carbons (Fsp3) is 0.762. The Kier molecular flexibility index (Phi) is 13.9. The Hall–Kier alpha value is -2.73. The third kappa shape index (κ3) is 12.2. The Bertz CT molecular complexity index is 684. The Morgan fingerprint density at radius 1 is 0.788 bits per heavy atom. The van der Waals surface area contributed by atoms with Crippen molar-refractivity contribution in [3.8, 4) is 0 Å². The van der Waals surface area contributed by atoms with Crippen molar-refractivity contribution in [2.45, 2.75) is 84.0 Å². The molecule has 12 heteroatoms. The van der Waals surface area contributed by atoms with Gasteiger partial charge in [0.15, 0.2) is 0 Å². The summed E-state index contributed by atoms with van der Waals surface area (Å²) in [5.74, 6) is -5.09. The number of carbonyl (C=O) groups is 5. The van der Waals surface area contributed by atoms with E-state index in [1.807, 2.05) is 13.8 Å². The van der Waals surface area contributed by atoms with Gasteiger partial charge < -0.3 is 37.6 Å². The number of carboxylic acids is 2. The quantitative estimate of drug-likeness (QED) is 0.139. The lowest BCUT2D eigenvalue weighted by Gasteiger charge is -2.26. The van der Waals surface area contributed by atoms with Gasteiger partial charge in [-0.2, -0.15) is 0 Å². The summed E-state index contributed by atoms with van der Waals surface area (Å²) in [6.07, 6.45) is 0.568. The van der Waals surface area contributed by atoms with Gasteiger partial charge in [0.2, 0.25) is 17.7 Å². The maximum absolute atomic E-state index is 12.9. The number of hydrogen-bond acceptors (Lipinski definition) is 7. The highest BCUT2D eigenvalue weighted by atomic mass is 16.4. The van der Waals surface area contributed by atoms with Crippen LogP contribution in [0.25, 0.3) is 0 Å². The highest BCUT2D eigenvalue weighted by Gasteiger charge is 2.32. The van der Waals surface area contributed by atoms with Crippen LogP contribution in [0.3, 0.4) is 0 Å². The van der Waals surface area contributed by atoms with Gasteiger partial charge >= 0.3 is 11.9 Å². The number of nitrogens with one attached hydrogen (secondary N) is 3. The number of carbonyl (C=O) groups excluding carboxylic acids is 3. The molecule has 0 bridgehead atoms. The number of hydrogen-bond donors (Lipinski definition) is 7.